The fourth-order valence-corrected chi connectivity index (χ4v) is 4.58. The van der Waals surface area contributed by atoms with Gasteiger partial charge < -0.3 is 5.32 Å². The van der Waals surface area contributed by atoms with Crippen LogP contribution in [0, 0.1) is 23.7 Å². The summed E-state index contributed by atoms with van der Waals surface area (Å²) in [5.41, 5.74) is 0.792. The summed E-state index contributed by atoms with van der Waals surface area (Å²) in [5, 5.41) is 3.01. The van der Waals surface area contributed by atoms with E-state index in [4.69, 9.17) is 11.6 Å². The Morgan fingerprint density at radius 3 is 2.40 bits per heavy atom. The number of carbonyl (C=O) groups excluding carboxylic acids is 3. The molecule has 0 aromatic heterocycles. The Balaban J connectivity index is 1.61. The van der Waals surface area contributed by atoms with E-state index in [0.29, 0.717) is 17.8 Å². The van der Waals surface area contributed by atoms with Gasteiger partial charge in [0.15, 0.2) is 0 Å². The largest absolute Gasteiger partial charge is 0.352 e. The van der Waals surface area contributed by atoms with Crippen molar-refractivity contribution in [3.8, 4) is 0 Å². The molecule has 2 fully saturated rings. The predicted octanol–water partition coefficient (Wildman–Crippen LogP) is 2.79. The van der Waals surface area contributed by atoms with Gasteiger partial charge in [-0.1, -0.05) is 30.7 Å². The van der Waals surface area contributed by atoms with Gasteiger partial charge in [0.25, 0.3) is 5.91 Å². The SMILES string of the molecule is CCCNC(=O)c1ccc(N2C(=O)[C@@H]3[C@H](C2=O)[C@H]2C=C[C@H]3C2)cc1Cl. The molecule has 4 rings (SSSR count). The molecule has 5 nitrogen and oxygen atoms in total. The molecule has 1 aromatic carbocycles. The zero-order valence-corrected chi connectivity index (χ0v) is 14.6. The maximum atomic E-state index is 12.8. The number of nitrogens with zero attached hydrogens (tertiary/aromatic N) is 1. The fourth-order valence-electron chi connectivity index (χ4n) is 4.32. The first kappa shape index (κ1) is 16.3. The lowest BCUT2D eigenvalue weighted by atomic mass is 9.85. The van der Waals surface area contributed by atoms with E-state index in [2.05, 4.69) is 17.5 Å². The molecule has 1 N–H and O–H groups in total. The van der Waals surface area contributed by atoms with Gasteiger partial charge in [0.1, 0.15) is 0 Å². The molecule has 6 heteroatoms. The molecule has 25 heavy (non-hydrogen) atoms. The molecule has 2 aliphatic carbocycles. The summed E-state index contributed by atoms with van der Waals surface area (Å²) < 4.78 is 0. The highest BCUT2D eigenvalue weighted by atomic mass is 35.5. The van der Waals surface area contributed by atoms with Crippen molar-refractivity contribution in [2.75, 3.05) is 11.4 Å². The van der Waals surface area contributed by atoms with Gasteiger partial charge in [-0.2, -0.15) is 0 Å². The lowest BCUT2D eigenvalue weighted by Crippen LogP contribution is -2.33. The highest BCUT2D eigenvalue weighted by Gasteiger charge is 2.59. The van der Waals surface area contributed by atoms with Crippen molar-refractivity contribution < 1.29 is 14.4 Å². The number of nitrogens with one attached hydrogen (secondary N) is 1. The predicted molar refractivity (Wildman–Crippen MR) is 94.3 cm³/mol. The lowest BCUT2D eigenvalue weighted by molar-refractivity contribution is -0.123. The number of allylic oxidation sites excluding steroid dienone is 2. The molecule has 1 aliphatic heterocycles. The van der Waals surface area contributed by atoms with Crippen molar-refractivity contribution in [1.29, 1.82) is 0 Å². The molecule has 3 aliphatic rings. The Morgan fingerprint density at radius 2 is 1.84 bits per heavy atom. The summed E-state index contributed by atoms with van der Waals surface area (Å²) >= 11 is 6.24. The van der Waals surface area contributed by atoms with Crippen LogP contribution in [0.25, 0.3) is 0 Å². The average Bonchev–Trinajstić information content (AvgIpc) is 3.26. The van der Waals surface area contributed by atoms with Gasteiger partial charge in [0.2, 0.25) is 11.8 Å². The Hall–Kier alpha value is -2.14. The van der Waals surface area contributed by atoms with Crippen LogP contribution in [0.1, 0.15) is 30.1 Å². The molecule has 2 bridgehead atoms. The van der Waals surface area contributed by atoms with Gasteiger partial charge in [-0.25, -0.2) is 4.90 Å². The first-order chi connectivity index (χ1) is 12.0. The van der Waals surface area contributed by atoms with Crippen molar-refractivity contribution in [3.63, 3.8) is 0 Å². The van der Waals surface area contributed by atoms with Crippen molar-refractivity contribution in [2.45, 2.75) is 19.8 Å². The van der Waals surface area contributed by atoms with Gasteiger partial charge in [-0.15, -0.1) is 0 Å². The van der Waals surface area contributed by atoms with E-state index >= 15 is 0 Å². The Morgan fingerprint density at radius 1 is 1.20 bits per heavy atom. The van der Waals surface area contributed by atoms with E-state index in [-0.39, 0.29) is 46.4 Å². The van der Waals surface area contributed by atoms with E-state index < -0.39 is 0 Å². The summed E-state index contributed by atoms with van der Waals surface area (Å²) in [4.78, 5) is 39.0. The first-order valence-electron chi connectivity index (χ1n) is 8.66. The molecule has 4 atom stereocenters. The zero-order valence-electron chi connectivity index (χ0n) is 13.9. The second kappa shape index (κ2) is 5.99. The highest BCUT2D eigenvalue weighted by Crippen LogP contribution is 2.53. The van der Waals surface area contributed by atoms with E-state index in [9.17, 15) is 14.4 Å². The topological polar surface area (TPSA) is 66.5 Å². The van der Waals surface area contributed by atoms with Crippen LogP contribution < -0.4 is 10.2 Å². The molecule has 1 heterocycles. The second-order valence-corrected chi connectivity index (χ2v) is 7.34. The van der Waals surface area contributed by atoms with Gasteiger partial charge >= 0.3 is 0 Å². The molecule has 1 aromatic rings. The van der Waals surface area contributed by atoms with E-state index in [1.807, 2.05) is 6.92 Å². The van der Waals surface area contributed by atoms with Crippen LogP contribution in [0.4, 0.5) is 5.69 Å². The average molecular weight is 359 g/mol. The lowest BCUT2D eigenvalue weighted by Gasteiger charge is -2.18. The Kier molecular flexibility index (Phi) is 3.91. The third-order valence-electron chi connectivity index (χ3n) is 5.46. The maximum Gasteiger partial charge on any atom is 0.252 e. The molecule has 0 radical (unpaired) electrons. The minimum Gasteiger partial charge on any atom is -0.352 e. The smallest absolute Gasteiger partial charge is 0.252 e. The Bertz CT molecular complexity index is 774. The number of amides is 3. The zero-order chi connectivity index (χ0) is 17.7. The molecule has 0 unspecified atom stereocenters. The minimum absolute atomic E-state index is 0.147. The minimum atomic E-state index is -0.253. The van der Waals surface area contributed by atoms with Crippen LogP contribution in [0.2, 0.25) is 5.02 Å². The van der Waals surface area contributed by atoms with Crippen LogP contribution in [-0.2, 0) is 9.59 Å². The van der Waals surface area contributed by atoms with Gasteiger partial charge in [-0.05, 0) is 42.9 Å². The highest BCUT2D eigenvalue weighted by molar-refractivity contribution is 6.34. The van der Waals surface area contributed by atoms with E-state index in [1.165, 1.54) is 11.0 Å². The maximum absolute atomic E-state index is 12.8. The summed E-state index contributed by atoms with van der Waals surface area (Å²) in [6.45, 7) is 2.54. The normalized spacial score (nSPS) is 29.4. The molecule has 3 amide bonds. The van der Waals surface area contributed by atoms with E-state index in [1.54, 1.807) is 12.1 Å². The number of carbonyl (C=O) groups is 3. The van der Waals surface area contributed by atoms with Crippen molar-refractivity contribution in [2.24, 2.45) is 23.7 Å². The molecule has 130 valence electrons. The van der Waals surface area contributed by atoms with Crippen LogP contribution in [-0.4, -0.2) is 24.3 Å². The third kappa shape index (κ3) is 2.41. The first-order valence-corrected chi connectivity index (χ1v) is 9.04. The number of benzene rings is 1. The van der Waals surface area contributed by atoms with Crippen LogP contribution in [0.15, 0.2) is 30.4 Å². The van der Waals surface area contributed by atoms with Crippen LogP contribution >= 0.6 is 11.6 Å². The quantitative estimate of drug-likeness (QED) is 0.664. The fraction of sp³-hybridized carbons (Fsp3) is 0.421. The second-order valence-electron chi connectivity index (χ2n) is 6.93. The molecule has 1 saturated carbocycles. The summed E-state index contributed by atoms with van der Waals surface area (Å²) in [5.74, 6) is -0.687. The summed E-state index contributed by atoms with van der Waals surface area (Å²) in [6.07, 6.45) is 5.86. The molecule has 0 spiro atoms. The summed E-state index contributed by atoms with van der Waals surface area (Å²) in [6, 6.07) is 4.73. The standard InChI is InChI=1S/C19H19ClN2O3/c1-2-7-21-17(23)13-6-5-12(9-14(13)20)22-18(24)15-10-3-4-11(8-10)16(15)19(22)25/h3-6,9-11,15-16H,2,7-8H2,1H3,(H,21,23)/t10-,11-,15-,16+/m0/s1. The number of hydrogen-bond donors (Lipinski definition) is 1. The van der Waals surface area contributed by atoms with Gasteiger partial charge in [0.05, 0.1) is 28.1 Å². The van der Waals surface area contributed by atoms with Crippen molar-refractivity contribution >= 4 is 35.0 Å². The molecule has 1 saturated heterocycles. The monoisotopic (exact) mass is 358 g/mol. The van der Waals surface area contributed by atoms with E-state index in [0.717, 1.165) is 12.8 Å². The molecular formula is C19H19ClN2O3. The number of imide groups is 1. The Labute approximate surface area is 151 Å². The molecular weight excluding hydrogens is 340 g/mol. The number of hydrogen-bond acceptors (Lipinski definition) is 3. The number of halogens is 1. The number of fused-ring (bicyclic) bond motifs is 5. The number of rotatable bonds is 4. The number of anilines is 1. The summed E-state index contributed by atoms with van der Waals surface area (Å²) in [7, 11) is 0. The van der Waals surface area contributed by atoms with Crippen molar-refractivity contribution in [1.82, 2.24) is 5.32 Å². The van der Waals surface area contributed by atoms with Crippen LogP contribution in [0.5, 0.6) is 0 Å². The van der Waals surface area contributed by atoms with Gasteiger partial charge in [-0.3, -0.25) is 14.4 Å². The van der Waals surface area contributed by atoms with Gasteiger partial charge in [0, 0.05) is 6.54 Å². The van der Waals surface area contributed by atoms with Crippen LogP contribution in [0.3, 0.4) is 0 Å². The third-order valence-corrected chi connectivity index (χ3v) is 5.77. The van der Waals surface area contributed by atoms with Crippen molar-refractivity contribution in [3.05, 3.63) is 40.9 Å².